The van der Waals surface area contributed by atoms with Crippen LogP contribution in [-0.2, 0) is 9.59 Å². The summed E-state index contributed by atoms with van der Waals surface area (Å²) < 4.78 is 0. The average molecular weight is 381 g/mol. The number of aliphatic carboxylic acids is 1. The van der Waals surface area contributed by atoms with Crippen molar-refractivity contribution in [3.8, 4) is 0 Å². The molecule has 0 aromatic rings. The second kappa shape index (κ2) is 9.83. The number of carboxylic acid groups (broad SMARTS) is 1. The van der Waals surface area contributed by atoms with Gasteiger partial charge < -0.3 is 15.3 Å². The quantitative estimate of drug-likeness (QED) is 0.283. The number of carboxylic acids is 1. The number of ketones is 1. The third kappa shape index (κ3) is 6.72. The smallest absolute Gasteiger partial charge is 0.364 e. The molecule has 0 unspecified atom stereocenters. The zero-order chi connectivity index (χ0) is 19.9. The highest BCUT2D eigenvalue weighted by Crippen LogP contribution is 2.41. The van der Waals surface area contributed by atoms with Crippen molar-refractivity contribution in [3.05, 3.63) is 12.2 Å². The molecule has 0 aliphatic heterocycles. The minimum absolute atomic E-state index is 0.0794. The number of carbonyl (C=O) groups is 2. The van der Waals surface area contributed by atoms with Gasteiger partial charge in [-0.25, -0.2) is 4.79 Å². The van der Waals surface area contributed by atoms with E-state index in [0.717, 1.165) is 25.7 Å². The maximum Gasteiger partial charge on any atom is 0.364 e. The van der Waals surface area contributed by atoms with E-state index < -0.39 is 11.8 Å². The molecule has 0 saturated heterocycles. The van der Waals surface area contributed by atoms with Gasteiger partial charge in [0.05, 0.1) is 0 Å². The number of rotatable bonds is 11. The van der Waals surface area contributed by atoms with Gasteiger partial charge in [0.2, 0.25) is 0 Å². The summed E-state index contributed by atoms with van der Waals surface area (Å²) in [6.45, 7) is 2.40. The highest BCUT2D eigenvalue weighted by Gasteiger charge is 2.34. The van der Waals surface area contributed by atoms with Gasteiger partial charge in [-0.05, 0) is 56.3 Å². The Hall–Kier alpha value is -1.20. The van der Waals surface area contributed by atoms with Gasteiger partial charge in [0.1, 0.15) is 5.78 Å². The van der Waals surface area contributed by atoms with Crippen LogP contribution in [0.4, 0.5) is 0 Å². The SMILES string of the molecule is CC1(CC/C=C/[C@H]2CCC(=O)[C@@H]2CCCCCC(O)(O)C(=O)O)CCCC1. The Morgan fingerprint density at radius 1 is 1.22 bits per heavy atom. The first-order valence-corrected chi connectivity index (χ1v) is 10.6. The fourth-order valence-corrected chi connectivity index (χ4v) is 4.74. The Kier molecular flexibility index (Phi) is 8.04. The number of hydrogen-bond donors (Lipinski definition) is 3. The molecule has 0 radical (unpaired) electrons. The zero-order valence-corrected chi connectivity index (χ0v) is 16.7. The lowest BCUT2D eigenvalue weighted by molar-refractivity contribution is -0.205. The summed E-state index contributed by atoms with van der Waals surface area (Å²) in [6, 6.07) is 0. The zero-order valence-electron chi connectivity index (χ0n) is 16.7. The van der Waals surface area contributed by atoms with Gasteiger partial charge in [0, 0.05) is 18.8 Å². The first kappa shape index (κ1) is 22.1. The molecule has 0 aromatic carbocycles. The van der Waals surface area contributed by atoms with Crippen LogP contribution in [0.5, 0.6) is 0 Å². The van der Waals surface area contributed by atoms with E-state index in [1.54, 1.807) is 0 Å². The maximum absolute atomic E-state index is 12.2. The van der Waals surface area contributed by atoms with Crippen LogP contribution in [0, 0.1) is 17.3 Å². The van der Waals surface area contributed by atoms with E-state index >= 15 is 0 Å². The Balaban J connectivity index is 1.69. The van der Waals surface area contributed by atoms with Crippen molar-refractivity contribution < 1.29 is 24.9 Å². The van der Waals surface area contributed by atoms with Crippen molar-refractivity contribution in [1.82, 2.24) is 0 Å². The maximum atomic E-state index is 12.2. The van der Waals surface area contributed by atoms with E-state index in [4.69, 9.17) is 5.11 Å². The van der Waals surface area contributed by atoms with Crippen molar-refractivity contribution in [3.63, 3.8) is 0 Å². The fourth-order valence-electron chi connectivity index (χ4n) is 4.74. The molecule has 2 rings (SSSR count). The predicted molar refractivity (Wildman–Crippen MR) is 104 cm³/mol. The van der Waals surface area contributed by atoms with E-state index in [0.29, 0.717) is 36.4 Å². The Morgan fingerprint density at radius 2 is 1.93 bits per heavy atom. The van der Waals surface area contributed by atoms with E-state index in [1.165, 1.54) is 32.1 Å². The lowest BCUT2D eigenvalue weighted by Gasteiger charge is -2.22. The molecule has 3 N–H and O–H groups in total. The van der Waals surface area contributed by atoms with Gasteiger partial charge in [0.15, 0.2) is 0 Å². The summed E-state index contributed by atoms with van der Waals surface area (Å²) in [7, 11) is 0. The molecule has 2 atom stereocenters. The lowest BCUT2D eigenvalue weighted by Crippen LogP contribution is -2.37. The van der Waals surface area contributed by atoms with Crippen LogP contribution in [0.3, 0.4) is 0 Å². The number of allylic oxidation sites excluding steroid dienone is 2. The Labute approximate surface area is 162 Å². The van der Waals surface area contributed by atoms with Gasteiger partial charge in [-0.2, -0.15) is 0 Å². The minimum atomic E-state index is -2.63. The molecule has 0 amide bonds. The number of aliphatic hydroxyl groups is 2. The highest BCUT2D eigenvalue weighted by molar-refractivity contribution is 5.83. The molecule has 0 bridgehead atoms. The monoisotopic (exact) mass is 380 g/mol. The summed E-state index contributed by atoms with van der Waals surface area (Å²) in [4.78, 5) is 22.9. The topological polar surface area (TPSA) is 94.8 Å². The number of Topliss-reactive ketones (excluding diaryl/α,β-unsaturated/α-hetero) is 1. The molecule has 2 aliphatic carbocycles. The lowest BCUT2D eigenvalue weighted by atomic mass is 9.83. The predicted octanol–water partition coefficient (Wildman–Crippen LogP) is 4.21. The summed E-state index contributed by atoms with van der Waals surface area (Å²) in [5.74, 6) is -3.48. The Bertz CT molecular complexity index is 531. The van der Waals surface area contributed by atoms with Crippen molar-refractivity contribution in [2.24, 2.45) is 17.3 Å². The van der Waals surface area contributed by atoms with Crippen molar-refractivity contribution in [2.45, 2.75) is 96.2 Å². The molecule has 5 heteroatoms. The third-order valence-electron chi connectivity index (χ3n) is 6.65. The number of carbonyl (C=O) groups excluding carboxylic acids is 1. The molecular weight excluding hydrogens is 344 g/mol. The van der Waals surface area contributed by atoms with Crippen molar-refractivity contribution >= 4 is 11.8 Å². The minimum Gasteiger partial charge on any atom is -0.477 e. The molecule has 0 aromatic heterocycles. The molecule has 5 nitrogen and oxygen atoms in total. The van der Waals surface area contributed by atoms with Crippen LogP contribution in [-0.4, -0.2) is 32.9 Å². The normalized spacial score (nSPS) is 25.5. The number of unbranched alkanes of at least 4 members (excludes halogenated alkanes) is 2. The van der Waals surface area contributed by atoms with Crippen molar-refractivity contribution in [1.29, 1.82) is 0 Å². The summed E-state index contributed by atoms with van der Waals surface area (Å²) in [6.07, 6.45) is 16.4. The van der Waals surface area contributed by atoms with Crippen molar-refractivity contribution in [2.75, 3.05) is 0 Å². The second-order valence-corrected chi connectivity index (χ2v) is 8.98. The van der Waals surface area contributed by atoms with Crippen LogP contribution >= 0.6 is 0 Å². The van der Waals surface area contributed by atoms with Crippen LogP contribution in [0.1, 0.15) is 90.4 Å². The summed E-state index contributed by atoms with van der Waals surface area (Å²) >= 11 is 0. The van der Waals surface area contributed by atoms with E-state index in [1.807, 2.05) is 0 Å². The van der Waals surface area contributed by atoms with E-state index in [9.17, 15) is 19.8 Å². The van der Waals surface area contributed by atoms with E-state index in [2.05, 4.69) is 19.1 Å². The number of hydrogen-bond acceptors (Lipinski definition) is 4. The molecule has 0 spiro atoms. The first-order chi connectivity index (χ1) is 12.7. The van der Waals surface area contributed by atoms with Gasteiger partial charge in [-0.15, -0.1) is 0 Å². The van der Waals surface area contributed by atoms with Gasteiger partial charge >= 0.3 is 5.97 Å². The van der Waals surface area contributed by atoms with Gasteiger partial charge in [-0.3, -0.25) is 4.79 Å². The first-order valence-electron chi connectivity index (χ1n) is 10.6. The molecule has 154 valence electrons. The second-order valence-electron chi connectivity index (χ2n) is 8.98. The van der Waals surface area contributed by atoms with E-state index in [-0.39, 0.29) is 12.3 Å². The van der Waals surface area contributed by atoms with Crippen LogP contribution in [0.15, 0.2) is 12.2 Å². The van der Waals surface area contributed by atoms with Crippen LogP contribution in [0.2, 0.25) is 0 Å². The molecule has 2 aliphatic rings. The summed E-state index contributed by atoms with van der Waals surface area (Å²) in [5.41, 5.74) is 0.514. The standard InChI is InChI=1S/C22H36O5/c1-21(14-7-8-15-21)13-6-4-9-17-11-12-19(23)18(17)10-3-2-5-16-22(26,27)20(24)25/h4,9,17-18,26-27H,2-3,5-8,10-16H2,1H3,(H,24,25)/b9-4+/t17-,18+/m0/s1. The fraction of sp³-hybridized carbons (Fsp3) is 0.818. The largest absolute Gasteiger partial charge is 0.477 e. The molecule has 2 saturated carbocycles. The molecule has 27 heavy (non-hydrogen) atoms. The highest BCUT2D eigenvalue weighted by atomic mass is 16.5. The molecule has 2 fully saturated rings. The third-order valence-corrected chi connectivity index (χ3v) is 6.65. The van der Waals surface area contributed by atoms with Gasteiger partial charge in [-0.1, -0.05) is 44.8 Å². The van der Waals surface area contributed by atoms with Crippen LogP contribution in [0.25, 0.3) is 0 Å². The molecule has 0 heterocycles. The Morgan fingerprint density at radius 3 is 2.59 bits per heavy atom. The van der Waals surface area contributed by atoms with Crippen LogP contribution < -0.4 is 0 Å². The van der Waals surface area contributed by atoms with Gasteiger partial charge in [0.25, 0.3) is 5.79 Å². The summed E-state index contributed by atoms with van der Waals surface area (Å²) in [5, 5.41) is 27.3. The average Bonchev–Trinajstić information content (AvgIpc) is 3.18. The molecular formula is C22H36O5.